The van der Waals surface area contributed by atoms with Crippen LogP contribution >= 0.6 is 0 Å². The van der Waals surface area contributed by atoms with E-state index in [-0.39, 0.29) is 12.0 Å². The Morgan fingerprint density at radius 3 is 2.68 bits per heavy atom. The summed E-state index contributed by atoms with van der Waals surface area (Å²) in [5.74, 6) is 0.597. The van der Waals surface area contributed by atoms with Gasteiger partial charge in [0, 0.05) is 12.3 Å². The first-order valence-corrected chi connectivity index (χ1v) is 9.33. The summed E-state index contributed by atoms with van der Waals surface area (Å²) in [5, 5.41) is 12.6. The fourth-order valence-corrected chi connectivity index (χ4v) is 3.84. The molecule has 1 N–H and O–H groups in total. The third-order valence-electron chi connectivity index (χ3n) is 5.43. The Morgan fingerprint density at radius 2 is 2.04 bits per heavy atom. The molecule has 0 radical (unpaired) electrons. The molecule has 0 aliphatic carbocycles. The smallest absolute Gasteiger partial charge is 0.239 e. The molecule has 0 spiro atoms. The van der Waals surface area contributed by atoms with Gasteiger partial charge >= 0.3 is 0 Å². The monoisotopic (exact) mass is 344 g/mol. The van der Waals surface area contributed by atoms with Gasteiger partial charge in [-0.05, 0) is 58.2 Å². The van der Waals surface area contributed by atoms with E-state index in [2.05, 4.69) is 20.9 Å². The maximum absolute atomic E-state index is 12.6. The van der Waals surface area contributed by atoms with Crippen LogP contribution in [-0.2, 0) is 16.1 Å². The van der Waals surface area contributed by atoms with Gasteiger partial charge in [0.05, 0.1) is 24.8 Å². The minimum Gasteiger partial charge on any atom is -0.376 e. The molecule has 1 aromatic rings. The molecule has 1 atom stereocenters. The lowest BCUT2D eigenvalue weighted by Gasteiger charge is -2.26. The number of aromatic nitrogens is 1. The molecule has 25 heavy (non-hydrogen) atoms. The summed E-state index contributed by atoms with van der Waals surface area (Å²) in [7, 11) is 0. The van der Waals surface area contributed by atoms with Gasteiger partial charge in [0.25, 0.3) is 0 Å². The van der Waals surface area contributed by atoms with Crippen molar-refractivity contribution in [1.82, 2.24) is 9.47 Å². The van der Waals surface area contributed by atoms with Gasteiger partial charge in [0.1, 0.15) is 11.9 Å². The van der Waals surface area contributed by atoms with E-state index in [1.54, 1.807) is 0 Å². The SMILES string of the molecule is Cc1c(C#N)c(NC(=O)CN2CCCCC2)n(C[C@H]2CCCO2)c1C. The Hall–Kier alpha value is -1.84. The first-order chi connectivity index (χ1) is 12.1. The molecule has 0 bridgehead atoms. The number of ether oxygens (including phenoxy) is 1. The number of hydrogen-bond donors (Lipinski definition) is 1. The first kappa shape index (κ1) is 18.0. The van der Waals surface area contributed by atoms with Crippen LogP contribution < -0.4 is 5.32 Å². The Bertz CT molecular complexity index is 662. The second-order valence-electron chi connectivity index (χ2n) is 7.18. The van der Waals surface area contributed by atoms with Gasteiger partial charge in [-0.15, -0.1) is 0 Å². The largest absolute Gasteiger partial charge is 0.376 e. The van der Waals surface area contributed by atoms with E-state index < -0.39 is 0 Å². The van der Waals surface area contributed by atoms with Crippen LogP contribution in [0.5, 0.6) is 0 Å². The summed E-state index contributed by atoms with van der Waals surface area (Å²) in [4.78, 5) is 14.7. The fourth-order valence-electron chi connectivity index (χ4n) is 3.84. The second-order valence-corrected chi connectivity index (χ2v) is 7.18. The van der Waals surface area contributed by atoms with Gasteiger partial charge < -0.3 is 14.6 Å². The molecule has 3 heterocycles. The summed E-state index contributed by atoms with van der Waals surface area (Å²) < 4.78 is 7.80. The number of hydrogen-bond acceptors (Lipinski definition) is 4. The van der Waals surface area contributed by atoms with Crippen LogP contribution in [0.25, 0.3) is 0 Å². The van der Waals surface area contributed by atoms with Crippen LogP contribution in [0.4, 0.5) is 5.82 Å². The number of nitriles is 1. The molecule has 0 unspecified atom stereocenters. The highest BCUT2D eigenvalue weighted by Crippen LogP contribution is 2.28. The molecular weight excluding hydrogens is 316 g/mol. The maximum Gasteiger partial charge on any atom is 0.239 e. The van der Waals surface area contributed by atoms with Gasteiger partial charge in [-0.2, -0.15) is 5.26 Å². The van der Waals surface area contributed by atoms with Crippen molar-refractivity contribution < 1.29 is 9.53 Å². The molecular formula is C19H28N4O2. The van der Waals surface area contributed by atoms with E-state index in [0.29, 0.717) is 24.5 Å². The van der Waals surface area contributed by atoms with Crippen molar-refractivity contribution in [1.29, 1.82) is 5.26 Å². The quantitative estimate of drug-likeness (QED) is 0.891. The van der Waals surface area contributed by atoms with Gasteiger partial charge in [0.15, 0.2) is 0 Å². The van der Waals surface area contributed by atoms with E-state index in [0.717, 1.165) is 56.6 Å². The second kappa shape index (κ2) is 8.03. The first-order valence-electron chi connectivity index (χ1n) is 9.33. The maximum atomic E-state index is 12.6. The lowest BCUT2D eigenvalue weighted by molar-refractivity contribution is -0.117. The number of carbonyl (C=O) groups excluding carboxylic acids is 1. The third-order valence-corrected chi connectivity index (χ3v) is 5.43. The number of amides is 1. The minimum atomic E-state index is -0.0375. The highest BCUT2D eigenvalue weighted by Gasteiger charge is 2.24. The summed E-state index contributed by atoms with van der Waals surface area (Å²) in [6.07, 6.45) is 5.83. The lowest BCUT2D eigenvalue weighted by Crippen LogP contribution is -2.37. The van der Waals surface area contributed by atoms with Crippen molar-refractivity contribution in [2.45, 2.75) is 58.6 Å². The molecule has 6 heteroatoms. The molecule has 2 aliphatic heterocycles. The van der Waals surface area contributed by atoms with Crippen LogP contribution in [0.2, 0.25) is 0 Å². The molecule has 1 amide bonds. The van der Waals surface area contributed by atoms with E-state index in [1.165, 1.54) is 6.42 Å². The predicted molar refractivity (Wildman–Crippen MR) is 96.5 cm³/mol. The molecule has 2 saturated heterocycles. The van der Waals surface area contributed by atoms with E-state index in [9.17, 15) is 10.1 Å². The highest BCUT2D eigenvalue weighted by molar-refractivity contribution is 5.93. The van der Waals surface area contributed by atoms with Crippen molar-refractivity contribution in [3.8, 4) is 6.07 Å². The van der Waals surface area contributed by atoms with Crippen molar-refractivity contribution in [2.24, 2.45) is 0 Å². The summed E-state index contributed by atoms with van der Waals surface area (Å²) in [6.45, 7) is 7.79. The molecule has 6 nitrogen and oxygen atoms in total. The molecule has 0 saturated carbocycles. The van der Waals surface area contributed by atoms with E-state index >= 15 is 0 Å². The summed E-state index contributed by atoms with van der Waals surface area (Å²) >= 11 is 0. The van der Waals surface area contributed by atoms with Crippen molar-refractivity contribution >= 4 is 11.7 Å². The van der Waals surface area contributed by atoms with Gasteiger partial charge in [0.2, 0.25) is 5.91 Å². The number of likely N-dealkylation sites (tertiary alicyclic amines) is 1. The Kier molecular flexibility index (Phi) is 5.77. The number of nitrogens with one attached hydrogen (secondary N) is 1. The van der Waals surface area contributed by atoms with Crippen molar-refractivity contribution in [2.75, 3.05) is 31.6 Å². The van der Waals surface area contributed by atoms with Crippen LogP contribution in [0.15, 0.2) is 0 Å². The number of anilines is 1. The molecule has 2 aliphatic rings. The van der Waals surface area contributed by atoms with Crippen LogP contribution in [0.3, 0.4) is 0 Å². The Morgan fingerprint density at radius 1 is 1.28 bits per heavy atom. The zero-order valence-electron chi connectivity index (χ0n) is 15.3. The molecule has 1 aromatic heterocycles. The van der Waals surface area contributed by atoms with Gasteiger partial charge in [-0.25, -0.2) is 0 Å². The average molecular weight is 344 g/mol. The highest BCUT2D eigenvalue weighted by atomic mass is 16.5. The zero-order chi connectivity index (χ0) is 17.8. The Labute approximate surface area is 149 Å². The minimum absolute atomic E-state index is 0.0375. The van der Waals surface area contributed by atoms with E-state index in [4.69, 9.17) is 4.74 Å². The molecule has 0 aromatic carbocycles. The molecule has 3 rings (SSSR count). The van der Waals surface area contributed by atoms with Crippen LogP contribution in [0, 0.1) is 25.2 Å². The number of piperidine rings is 1. The summed E-state index contributed by atoms with van der Waals surface area (Å²) in [6, 6.07) is 2.27. The van der Waals surface area contributed by atoms with Gasteiger partial charge in [-0.3, -0.25) is 9.69 Å². The standard InChI is InChI=1S/C19H28N4O2/c1-14-15(2)23(12-16-7-6-10-25-16)19(17(14)11-20)21-18(24)13-22-8-4-3-5-9-22/h16H,3-10,12-13H2,1-2H3,(H,21,24)/t16-/m1/s1. The van der Waals surface area contributed by atoms with Crippen molar-refractivity contribution in [3.63, 3.8) is 0 Å². The normalized spacial score (nSPS) is 21.2. The van der Waals surface area contributed by atoms with E-state index in [1.807, 2.05) is 13.8 Å². The number of rotatable bonds is 5. The summed E-state index contributed by atoms with van der Waals surface area (Å²) in [5.41, 5.74) is 2.54. The number of carbonyl (C=O) groups is 1. The van der Waals surface area contributed by atoms with Gasteiger partial charge in [-0.1, -0.05) is 6.42 Å². The molecule has 136 valence electrons. The Balaban J connectivity index is 1.76. The third kappa shape index (κ3) is 4.05. The lowest BCUT2D eigenvalue weighted by atomic mass is 10.1. The average Bonchev–Trinajstić information content (AvgIpc) is 3.19. The molecule has 2 fully saturated rings. The zero-order valence-corrected chi connectivity index (χ0v) is 15.3. The fraction of sp³-hybridized carbons (Fsp3) is 0.684. The van der Waals surface area contributed by atoms with Crippen molar-refractivity contribution in [3.05, 3.63) is 16.8 Å². The van der Waals surface area contributed by atoms with Crippen LogP contribution in [0.1, 0.15) is 48.9 Å². The topological polar surface area (TPSA) is 70.3 Å². The number of nitrogens with zero attached hydrogens (tertiary/aromatic N) is 3. The predicted octanol–water partition coefficient (Wildman–Crippen LogP) is 2.58. The van der Waals surface area contributed by atoms with Crippen LogP contribution in [-0.4, -0.2) is 47.7 Å².